The topological polar surface area (TPSA) is 87.8 Å². The smallest absolute Gasteiger partial charge is 0.206 e. The first-order valence-corrected chi connectivity index (χ1v) is 6.51. The van der Waals surface area contributed by atoms with Crippen LogP contribution in [0.15, 0.2) is 58.3 Å². The predicted octanol–water partition coefficient (Wildman–Crippen LogP) is 0.975. The molecular formula is C12H13N2O2S+. The molecule has 0 radical (unpaired) electrons. The fourth-order valence-electron chi connectivity index (χ4n) is 1.53. The van der Waals surface area contributed by atoms with E-state index < -0.39 is 9.84 Å². The van der Waals surface area contributed by atoms with Crippen LogP contribution < -0.4 is 11.5 Å². The first kappa shape index (κ1) is 11.6. The van der Waals surface area contributed by atoms with Gasteiger partial charge in [0.15, 0.2) is 0 Å². The number of quaternary nitrogens is 1. The molecule has 2 aromatic carbocycles. The second-order valence-electron chi connectivity index (χ2n) is 3.72. The Morgan fingerprint density at radius 1 is 0.941 bits per heavy atom. The van der Waals surface area contributed by atoms with Crippen LogP contribution in [0.3, 0.4) is 0 Å². The number of rotatable bonds is 2. The van der Waals surface area contributed by atoms with E-state index in [2.05, 4.69) is 5.73 Å². The highest BCUT2D eigenvalue weighted by Gasteiger charge is 2.18. The second-order valence-corrected chi connectivity index (χ2v) is 5.67. The Kier molecular flexibility index (Phi) is 2.87. The van der Waals surface area contributed by atoms with Crippen molar-refractivity contribution in [2.24, 2.45) is 0 Å². The van der Waals surface area contributed by atoms with Crippen molar-refractivity contribution in [3.8, 4) is 0 Å². The summed E-state index contributed by atoms with van der Waals surface area (Å²) in [6, 6.07) is 12.8. The van der Waals surface area contributed by atoms with Crippen LogP contribution in [0.25, 0.3) is 0 Å². The van der Waals surface area contributed by atoms with Crippen molar-refractivity contribution in [3.63, 3.8) is 0 Å². The van der Waals surface area contributed by atoms with E-state index in [1.807, 2.05) is 0 Å². The Bertz CT molecular complexity index is 600. The molecule has 4 nitrogen and oxygen atoms in total. The van der Waals surface area contributed by atoms with Crippen LogP contribution in [-0.2, 0) is 9.84 Å². The largest absolute Gasteiger partial charge is 0.399 e. The molecule has 88 valence electrons. The van der Waals surface area contributed by atoms with Crippen molar-refractivity contribution in [3.05, 3.63) is 48.5 Å². The Balaban J connectivity index is 2.58. The highest BCUT2D eigenvalue weighted by molar-refractivity contribution is 7.91. The maximum Gasteiger partial charge on any atom is 0.206 e. The standard InChI is InChI=1S/C12H12N2O2S/c13-9-3-1-5-11(7-9)17(15,16)12-6-2-4-10(14)8-12/h1-8H,13-14H2/p+1. The van der Waals surface area contributed by atoms with E-state index >= 15 is 0 Å². The van der Waals surface area contributed by atoms with Crippen LogP contribution in [0, 0.1) is 0 Å². The minimum Gasteiger partial charge on any atom is -0.399 e. The molecule has 0 aliphatic rings. The van der Waals surface area contributed by atoms with Gasteiger partial charge in [0, 0.05) is 11.8 Å². The van der Waals surface area contributed by atoms with E-state index in [0.29, 0.717) is 11.4 Å². The average Bonchev–Trinajstić information content (AvgIpc) is 2.29. The fourth-order valence-corrected chi connectivity index (χ4v) is 2.92. The third-order valence-electron chi connectivity index (χ3n) is 2.38. The molecule has 2 rings (SSSR count). The Morgan fingerprint density at radius 2 is 1.53 bits per heavy atom. The second kappa shape index (κ2) is 4.20. The van der Waals surface area contributed by atoms with Gasteiger partial charge in [-0.15, -0.1) is 0 Å². The summed E-state index contributed by atoms with van der Waals surface area (Å²) >= 11 is 0. The Morgan fingerprint density at radius 3 is 2.12 bits per heavy atom. The van der Waals surface area contributed by atoms with Crippen LogP contribution in [0.5, 0.6) is 0 Å². The van der Waals surface area contributed by atoms with E-state index in [1.165, 1.54) is 12.1 Å². The van der Waals surface area contributed by atoms with Crippen molar-refractivity contribution in [2.45, 2.75) is 9.79 Å². The lowest BCUT2D eigenvalue weighted by Gasteiger charge is -2.05. The highest BCUT2D eigenvalue weighted by atomic mass is 32.2. The first-order chi connectivity index (χ1) is 8.00. The number of nitrogens with two attached hydrogens (primary N) is 1. The minimum absolute atomic E-state index is 0.197. The molecule has 0 bridgehead atoms. The van der Waals surface area contributed by atoms with Gasteiger partial charge in [0.25, 0.3) is 0 Å². The van der Waals surface area contributed by atoms with Gasteiger partial charge in [0.05, 0.1) is 9.79 Å². The maximum absolute atomic E-state index is 12.3. The summed E-state index contributed by atoms with van der Waals surface area (Å²) in [4.78, 5) is 0.429. The van der Waals surface area contributed by atoms with E-state index in [9.17, 15) is 8.42 Å². The molecule has 0 aliphatic carbocycles. The zero-order valence-corrected chi connectivity index (χ0v) is 9.94. The van der Waals surface area contributed by atoms with Gasteiger partial charge in [-0.2, -0.15) is 0 Å². The van der Waals surface area contributed by atoms with E-state index in [-0.39, 0.29) is 9.79 Å². The van der Waals surface area contributed by atoms with Crippen molar-refractivity contribution in [1.82, 2.24) is 0 Å². The third-order valence-corrected chi connectivity index (χ3v) is 4.13. The average molecular weight is 249 g/mol. The summed E-state index contributed by atoms with van der Waals surface area (Å²) in [6.07, 6.45) is 0. The van der Waals surface area contributed by atoms with Gasteiger partial charge in [0.2, 0.25) is 9.84 Å². The van der Waals surface area contributed by atoms with Crippen molar-refractivity contribution >= 4 is 21.2 Å². The predicted molar refractivity (Wildman–Crippen MR) is 65.3 cm³/mol. The lowest BCUT2D eigenvalue weighted by Crippen LogP contribution is -2.40. The lowest BCUT2D eigenvalue weighted by molar-refractivity contribution is -0.255. The van der Waals surface area contributed by atoms with Gasteiger partial charge in [0.1, 0.15) is 5.69 Å². The van der Waals surface area contributed by atoms with Gasteiger partial charge in [-0.25, -0.2) is 8.42 Å². The van der Waals surface area contributed by atoms with Crippen LogP contribution >= 0.6 is 0 Å². The molecule has 0 heterocycles. The maximum atomic E-state index is 12.3. The van der Waals surface area contributed by atoms with Crippen molar-refractivity contribution in [1.29, 1.82) is 0 Å². The third kappa shape index (κ3) is 2.30. The molecule has 0 saturated carbocycles. The van der Waals surface area contributed by atoms with Crippen LogP contribution in [0.1, 0.15) is 0 Å². The SMILES string of the molecule is Nc1cccc(S(=O)(=O)c2cccc([NH3+])c2)c1. The van der Waals surface area contributed by atoms with Crippen LogP contribution in [-0.4, -0.2) is 8.42 Å². The van der Waals surface area contributed by atoms with Gasteiger partial charge < -0.3 is 11.5 Å². The summed E-state index contributed by atoms with van der Waals surface area (Å²) in [5.74, 6) is 0. The molecule has 0 amide bonds. The van der Waals surface area contributed by atoms with Crippen molar-refractivity contribution < 1.29 is 14.2 Å². The molecule has 0 aliphatic heterocycles. The summed E-state index contributed by atoms with van der Waals surface area (Å²) < 4.78 is 24.5. The summed E-state index contributed by atoms with van der Waals surface area (Å²) in [5.41, 5.74) is 10.4. The normalized spacial score (nSPS) is 11.4. The fraction of sp³-hybridized carbons (Fsp3) is 0. The summed E-state index contributed by atoms with van der Waals surface area (Å²) in [5, 5.41) is 0. The van der Waals surface area contributed by atoms with E-state index in [1.54, 1.807) is 36.4 Å². The molecule has 0 atom stereocenters. The molecule has 0 aromatic heterocycles. The van der Waals surface area contributed by atoms with Gasteiger partial charge >= 0.3 is 0 Å². The number of nitrogen functional groups attached to an aromatic ring is 1. The molecule has 17 heavy (non-hydrogen) atoms. The van der Waals surface area contributed by atoms with Gasteiger partial charge in [-0.05, 0) is 30.3 Å². The lowest BCUT2D eigenvalue weighted by atomic mass is 10.3. The zero-order valence-electron chi connectivity index (χ0n) is 9.13. The molecule has 0 spiro atoms. The van der Waals surface area contributed by atoms with Crippen LogP contribution in [0.4, 0.5) is 11.4 Å². The molecule has 5 N–H and O–H groups in total. The van der Waals surface area contributed by atoms with E-state index in [0.717, 1.165) is 0 Å². The zero-order chi connectivity index (χ0) is 12.5. The molecule has 0 unspecified atom stereocenters. The Labute approximate surface area is 99.8 Å². The van der Waals surface area contributed by atoms with Gasteiger partial charge in [-0.3, -0.25) is 0 Å². The highest BCUT2D eigenvalue weighted by Crippen LogP contribution is 2.23. The molecule has 0 fully saturated rings. The van der Waals surface area contributed by atoms with Crippen LogP contribution in [0.2, 0.25) is 0 Å². The Hall–Kier alpha value is -1.85. The van der Waals surface area contributed by atoms with Gasteiger partial charge in [-0.1, -0.05) is 12.1 Å². The minimum atomic E-state index is -3.50. The molecule has 5 heteroatoms. The number of hydrogen-bond acceptors (Lipinski definition) is 3. The number of sulfone groups is 1. The first-order valence-electron chi connectivity index (χ1n) is 5.03. The van der Waals surface area contributed by atoms with Crippen molar-refractivity contribution in [2.75, 3.05) is 5.73 Å². The number of benzene rings is 2. The van der Waals surface area contributed by atoms with E-state index in [4.69, 9.17) is 5.73 Å². The molecular weight excluding hydrogens is 236 g/mol. The monoisotopic (exact) mass is 249 g/mol. The summed E-state index contributed by atoms with van der Waals surface area (Å²) in [6.45, 7) is 0. The summed E-state index contributed by atoms with van der Waals surface area (Å²) in [7, 11) is -3.50. The number of anilines is 1. The number of hydrogen-bond donors (Lipinski definition) is 2. The molecule has 0 saturated heterocycles. The molecule has 2 aromatic rings. The quantitative estimate of drug-likeness (QED) is 0.777.